The number of carboxylic acid groups (broad SMARTS) is 1. The highest BCUT2D eigenvalue weighted by molar-refractivity contribution is 5.95. The molecular formula is C15H19NO4. The molecule has 1 aliphatic heterocycles. The maximum atomic E-state index is 12.3. The second-order valence-electron chi connectivity index (χ2n) is 5.67. The van der Waals surface area contributed by atoms with Crippen LogP contribution in [0.2, 0.25) is 0 Å². The summed E-state index contributed by atoms with van der Waals surface area (Å²) >= 11 is 0. The van der Waals surface area contributed by atoms with E-state index >= 15 is 0 Å². The van der Waals surface area contributed by atoms with E-state index in [0.717, 1.165) is 11.1 Å². The van der Waals surface area contributed by atoms with Gasteiger partial charge in [-0.05, 0) is 32.9 Å². The summed E-state index contributed by atoms with van der Waals surface area (Å²) in [5, 5.41) is 8.61. The van der Waals surface area contributed by atoms with Gasteiger partial charge < -0.3 is 14.7 Å². The molecule has 0 atom stereocenters. The average Bonchev–Trinajstić information content (AvgIpc) is 2.31. The van der Waals surface area contributed by atoms with E-state index in [0.29, 0.717) is 18.7 Å². The van der Waals surface area contributed by atoms with E-state index in [-0.39, 0.29) is 12.5 Å². The summed E-state index contributed by atoms with van der Waals surface area (Å²) in [4.78, 5) is 24.5. The second kappa shape index (κ2) is 5.25. The molecule has 0 aliphatic carbocycles. The first-order valence-corrected chi connectivity index (χ1v) is 6.52. The predicted molar refractivity (Wildman–Crippen MR) is 73.8 cm³/mol. The van der Waals surface area contributed by atoms with Gasteiger partial charge in [-0.2, -0.15) is 0 Å². The molecule has 1 amide bonds. The third-order valence-corrected chi connectivity index (χ3v) is 3.35. The van der Waals surface area contributed by atoms with Crippen molar-refractivity contribution in [1.82, 2.24) is 4.90 Å². The monoisotopic (exact) mass is 277 g/mol. The van der Waals surface area contributed by atoms with E-state index in [2.05, 4.69) is 0 Å². The number of hydrogen-bond donors (Lipinski definition) is 1. The Morgan fingerprint density at radius 3 is 2.30 bits per heavy atom. The topological polar surface area (TPSA) is 66.8 Å². The first-order valence-electron chi connectivity index (χ1n) is 6.52. The predicted octanol–water partition coefficient (Wildman–Crippen LogP) is 1.62. The van der Waals surface area contributed by atoms with Gasteiger partial charge in [-0.1, -0.05) is 17.2 Å². The molecule has 1 N–H and O–H groups in total. The van der Waals surface area contributed by atoms with Crippen LogP contribution in [-0.4, -0.2) is 47.2 Å². The largest absolute Gasteiger partial charge is 0.480 e. The van der Waals surface area contributed by atoms with E-state index in [1.165, 1.54) is 0 Å². The maximum absolute atomic E-state index is 12.3. The minimum atomic E-state index is -0.995. The summed E-state index contributed by atoms with van der Waals surface area (Å²) in [6, 6.07) is 5.75. The first kappa shape index (κ1) is 14.5. The molecule has 2 rings (SSSR count). The molecule has 5 heteroatoms. The summed E-state index contributed by atoms with van der Waals surface area (Å²) in [5.41, 5.74) is 2.23. The van der Waals surface area contributed by atoms with Crippen LogP contribution < -0.4 is 0 Å². The van der Waals surface area contributed by atoms with Crippen molar-refractivity contribution in [2.24, 2.45) is 0 Å². The fourth-order valence-electron chi connectivity index (χ4n) is 2.51. The Balaban J connectivity index is 1.98. The quantitative estimate of drug-likeness (QED) is 0.908. The molecule has 5 nitrogen and oxygen atoms in total. The van der Waals surface area contributed by atoms with Crippen LogP contribution in [0, 0.1) is 13.8 Å². The average molecular weight is 277 g/mol. The number of aliphatic carboxylic acids is 1. The molecule has 1 fully saturated rings. The van der Waals surface area contributed by atoms with Crippen LogP contribution in [0.3, 0.4) is 0 Å². The number of rotatable bonds is 4. The normalized spacial score (nSPS) is 16.6. The Morgan fingerprint density at radius 1 is 1.25 bits per heavy atom. The van der Waals surface area contributed by atoms with E-state index in [9.17, 15) is 9.59 Å². The zero-order valence-electron chi connectivity index (χ0n) is 12.0. The van der Waals surface area contributed by atoms with Crippen LogP contribution >= 0.6 is 0 Å². The standard InChI is InChI=1S/C15H19NO4/c1-10-4-11(2)6-12(5-10)14(19)16-8-15(3,9-16)20-7-13(17)18/h4-6H,7-9H2,1-3H3,(H,17,18). The van der Waals surface area contributed by atoms with Gasteiger partial charge in [0, 0.05) is 5.56 Å². The lowest BCUT2D eigenvalue weighted by atomic mass is 9.94. The number of benzene rings is 1. The lowest BCUT2D eigenvalue weighted by molar-refractivity contribution is -0.159. The van der Waals surface area contributed by atoms with Crippen molar-refractivity contribution >= 4 is 11.9 Å². The Hall–Kier alpha value is -1.88. The SMILES string of the molecule is Cc1cc(C)cc(C(=O)N2CC(C)(OCC(=O)O)C2)c1. The Bertz CT molecular complexity index is 527. The summed E-state index contributed by atoms with van der Waals surface area (Å²) in [6.45, 7) is 6.25. The highest BCUT2D eigenvalue weighted by Crippen LogP contribution is 2.26. The van der Waals surface area contributed by atoms with Gasteiger partial charge in [0.05, 0.1) is 13.1 Å². The second-order valence-corrected chi connectivity index (χ2v) is 5.67. The van der Waals surface area contributed by atoms with Crippen molar-refractivity contribution in [1.29, 1.82) is 0 Å². The summed E-state index contributed by atoms with van der Waals surface area (Å²) < 4.78 is 5.30. The number of carboxylic acids is 1. The molecule has 1 aliphatic rings. The Kier molecular flexibility index (Phi) is 3.81. The van der Waals surface area contributed by atoms with Gasteiger partial charge in [-0.3, -0.25) is 4.79 Å². The molecule has 0 spiro atoms. The number of likely N-dealkylation sites (tertiary alicyclic amines) is 1. The summed E-state index contributed by atoms with van der Waals surface area (Å²) in [6.07, 6.45) is 0. The molecule has 108 valence electrons. The molecular weight excluding hydrogens is 258 g/mol. The van der Waals surface area contributed by atoms with E-state index < -0.39 is 11.6 Å². The molecule has 0 saturated carbocycles. The van der Waals surface area contributed by atoms with Crippen molar-refractivity contribution in [3.8, 4) is 0 Å². The van der Waals surface area contributed by atoms with E-state index in [1.807, 2.05) is 39.0 Å². The van der Waals surface area contributed by atoms with Gasteiger partial charge in [-0.25, -0.2) is 4.79 Å². The molecule has 20 heavy (non-hydrogen) atoms. The van der Waals surface area contributed by atoms with Gasteiger partial charge in [0.25, 0.3) is 5.91 Å². The van der Waals surface area contributed by atoms with Gasteiger partial charge in [0.1, 0.15) is 12.2 Å². The van der Waals surface area contributed by atoms with E-state index in [4.69, 9.17) is 9.84 Å². The van der Waals surface area contributed by atoms with Gasteiger partial charge >= 0.3 is 5.97 Å². The van der Waals surface area contributed by atoms with Crippen molar-refractivity contribution in [2.75, 3.05) is 19.7 Å². The third-order valence-electron chi connectivity index (χ3n) is 3.35. The molecule has 1 aromatic carbocycles. The summed E-state index contributed by atoms with van der Waals surface area (Å²) in [5.74, 6) is -1.03. The molecule has 1 heterocycles. The lowest BCUT2D eigenvalue weighted by Gasteiger charge is -2.47. The van der Waals surface area contributed by atoms with Gasteiger partial charge in [0.15, 0.2) is 0 Å². The molecule has 0 aromatic heterocycles. The number of carbonyl (C=O) groups is 2. The minimum absolute atomic E-state index is 0.0341. The number of nitrogens with zero attached hydrogens (tertiary/aromatic N) is 1. The zero-order chi connectivity index (χ0) is 14.9. The summed E-state index contributed by atoms with van der Waals surface area (Å²) in [7, 11) is 0. The number of carbonyl (C=O) groups excluding carboxylic acids is 1. The highest BCUT2D eigenvalue weighted by Gasteiger charge is 2.42. The first-order chi connectivity index (χ1) is 9.29. The van der Waals surface area contributed by atoms with Crippen LogP contribution in [0.5, 0.6) is 0 Å². The van der Waals surface area contributed by atoms with Gasteiger partial charge in [-0.15, -0.1) is 0 Å². The lowest BCUT2D eigenvalue weighted by Crippen LogP contribution is -2.63. The van der Waals surface area contributed by atoms with Crippen molar-refractivity contribution < 1.29 is 19.4 Å². The number of hydrogen-bond acceptors (Lipinski definition) is 3. The molecule has 0 radical (unpaired) electrons. The molecule has 1 aromatic rings. The smallest absolute Gasteiger partial charge is 0.329 e. The number of ether oxygens (including phenoxy) is 1. The third kappa shape index (κ3) is 3.17. The van der Waals surface area contributed by atoms with Crippen molar-refractivity contribution in [3.63, 3.8) is 0 Å². The number of aryl methyl sites for hydroxylation is 2. The van der Waals surface area contributed by atoms with Crippen LogP contribution in [0.4, 0.5) is 0 Å². The highest BCUT2D eigenvalue weighted by atomic mass is 16.5. The van der Waals surface area contributed by atoms with Crippen molar-refractivity contribution in [3.05, 3.63) is 34.9 Å². The van der Waals surface area contributed by atoms with Crippen LogP contribution in [0.25, 0.3) is 0 Å². The van der Waals surface area contributed by atoms with Crippen LogP contribution in [0.1, 0.15) is 28.4 Å². The van der Waals surface area contributed by atoms with E-state index in [1.54, 1.807) is 4.90 Å². The van der Waals surface area contributed by atoms with Crippen molar-refractivity contribution in [2.45, 2.75) is 26.4 Å². The molecule has 0 bridgehead atoms. The van der Waals surface area contributed by atoms with Crippen LogP contribution in [0.15, 0.2) is 18.2 Å². The molecule has 1 saturated heterocycles. The van der Waals surface area contributed by atoms with Gasteiger partial charge in [0.2, 0.25) is 0 Å². The fraction of sp³-hybridized carbons (Fsp3) is 0.467. The maximum Gasteiger partial charge on any atom is 0.329 e. The minimum Gasteiger partial charge on any atom is -0.480 e. The molecule has 0 unspecified atom stereocenters. The Labute approximate surface area is 118 Å². The Morgan fingerprint density at radius 2 is 1.80 bits per heavy atom. The van der Waals surface area contributed by atoms with Crippen LogP contribution in [-0.2, 0) is 9.53 Å². The zero-order valence-corrected chi connectivity index (χ0v) is 12.0. The number of amides is 1. The fourth-order valence-corrected chi connectivity index (χ4v) is 2.51.